The smallest absolute Gasteiger partial charge is 0.326 e. The van der Waals surface area contributed by atoms with Gasteiger partial charge in [0.1, 0.15) is 5.56 Å². The molecule has 2 aromatic rings. The molecule has 0 radical (unpaired) electrons. The van der Waals surface area contributed by atoms with Crippen LogP contribution in [0.4, 0.5) is 4.79 Å². The van der Waals surface area contributed by atoms with Gasteiger partial charge in [-0.2, -0.15) is 0 Å². The number of ether oxygens (including phenoxy) is 1. The summed E-state index contributed by atoms with van der Waals surface area (Å²) in [7, 11) is -2.59. The van der Waals surface area contributed by atoms with Crippen LogP contribution in [0, 0.1) is 0 Å². The largest absolute Gasteiger partial charge is 0.480 e. The summed E-state index contributed by atoms with van der Waals surface area (Å²) in [6, 6.07) is 6.12. The van der Waals surface area contributed by atoms with Crippen molar-refractivity contribution in [2.24, 2.45) is 5.73 Å². The highest BCUT2D eigenvalue weighted by Gasteiger charge is 2.16. The molecule has 1 aromatic heterocycles. The number of rotatable bonds is 7. The first-order chi connectivity index (χ1) is 12.7. The quantitative estimate of drug-likeness (QED) is 0.621. The number of hydrogen-bond donors (Lipinski definition) is 3. The number of carbonyl (C=O) groups excluding carboxylic acids is 2. The highest BCUT2D eigenvalue weighted by Crippen LogP contribution is 2.19. The van der Waals surface area contributed by atoms with Crippen LogP contribution in [-0.2, 0) is 16.4 Å². The molecule has 1 heterocycles. The number of urea groups is 1. The van der Waals surface area contributed by atoms with E-state index < -0.39 is 22.0 Å². The van der Waals surface area contributed by atoms with E-state index >= 15 is 0 Å². The van der Waals surface area contributed by atoms with Gasteiger partial charge in [0.15, 0.2) is 0 Å². The number of aromatic nitrogens is 1. The first-order valence-electron chi connectivity index (χ1n) is 7.62. The maximum Gasteiger partial charge on any atom is 0.326 e. The van der Waals surface area contributed by atoms with Crippen LogP contribution in [0.15, 0.2) is 41.4 Å². The van der Waals surface area contributed by atoms with Crippen molar-refractivity contribution in [3.05, 3.63) is 52.7 Å². The Labute approximate surface area is 160 Å². The molecule has 2 rings (SSSR count). The number of nitrogens with two attached hydrogens (primary N) is 1. The molecule has 4 N–H and O–H groups in total. The molecule has 0 saturated heterocycles. The van der Waals surface area contributed by atoms with Gasteiger partial charge in [-0.15, -0.1) is 0 Å². The molecule has 0 spiro atoms. The molecule has 0 aliphatic carbocycles. The Morgan fingerprint density at radius 2 is 1.93 bits per heavy atom. The Balaban J connectivity index is 1.97. The van der Waals surface area contributed by atoms with E-state index in [1.54, 1.807) is 16.9 Å². The number of carbonyl (C=O) groups is 2. The second-order valence-electron chi connectivity index (χ2n) is 5.33. The Bertz CT molecular complexity index is 948. The minimum atomic E-state index is -3.99. The van der Waals surface area contributed by atoms with E-state index in [0.29, 0.717) is 18.0 Å². The van der Waals surface area contributed by atoms with Gasteiger partial charge in [0.2, 0.25) is 5.88 Å². The van der Waals surface area contributed by atoms with Crippen LogP contribution in [0.25, 0.3) is 0 Å². The van der Waals surface area contributed by atoms with Gasteiger partial charge in [-0.1, -0.05) is 23.7 Å². The molecular weight excluding hydrogens is 396 g/mol. The molecular formula is C16H17ClN4O5S. The third-order valence-corrected chi connectivity index (χ3v) is 4.99. The summed E-state index contributed by atoms with van der Waals surface area (Å²) in [4.78, 5) is 26.8. The summed E-state index contributed by atoms with van der Waals surface area (Å²) in [5.41, 5.74) is 5.82. The lowest BCUT2D eigenvalue weighted by Crippen LogP contribution is -2.34. The van der Waals surface area contributed by atoms with Crippen LogP contribution in [0.5, 0.6) is 5.88 Å². The molecule has 144 valence electrons. The molecule has 1 aromatic carbocycles. The fourth-order valence-corrected chi connectivity index (χ4v) is 3.23. The number of nitrogens with zero attached hydrogens (tertiary/aromatic N) is 1. The molecule has 3 amide bonds. The molecule has 0 fully saturated rings. The van der Waals surface area contributed by atoms with Crippen LogP contribution in [0.2, 0.25) is 5.02 Å². The minimum absolute atomic E-state index is 0.0937. The van der Waals surface area contributed by atoms with Crippen molar-refractivity contribution in [3.63, 3.8) is 0 Å². The van der Waals surface area contributed by atoms with Crippen LogP contribution in [0.3, 0.4) is 0 Å². The van der Waals surface area contributed by atoms with E-state index in [9.17, 15) is 18.0 Å². The topological polar surface area (TPSA) is 140 Å². The zero-order chi connectivity index (χ0) is 20.0. The van der Waals surface area contributed by atoms with Crippen LogP contribution < -0.4 is 20.5 Å². The second-order valence-corrected chi connectivity index (χ2v) is 7.45. The Morgan fingerprint density at radius 1 is 1.26 bits per heavy atom. The first-order valence-corrected chi connectivity index (χ1v) is 9.48. The van der Waals surface area contributed by atoms with Gasteiger partial charge >= 0.3 is 6.03 Å². The zero-order valence-corrected chi connectivity index (χ0v) is 15.8. The normalized spacial score (nSPS) is 10.9. The standard InChI is InChI=1S/C16H17ClN4O5S/c1-26-15-13(8-11(17)9-20-15)14(22)19-7-6-10-2-4-12(5-3-10)27(24,25)21-16(18)23/h2-5,8-9H,6-7H2,1H3,(H,19,22)(H3,18,21,23). The number of primary amides is 1. The summed E-state index contributed by atoms with van der Waals surface area (Å²) in [6.45, 7) is 0.292. The van der Waals surface area contributed by atoms with Crippen LogP contribution in [-0.4, -0.2) is 39.0 Å². The maximum absolute atomic E-state index is 12.2. The van der Waals surface area contributed by atoms with Crippen LogP contribution in [0.1, 0.15) is 15.9 Å². The molecule has 27 heavy (non-hydrogen) atoms. The lowest BCUT2D eigenvalue weighted by Gasteiger charge is -2.09. The first kappa shape index (κ1) is 20.5. The molecule has 9 nitrogen and oxygen atoms in total. The lowest BCUT2D eigenvalue weighted by molar-refractivity contribution is 0.0950. The van der Waals surface area contributed by atoms with Crippen molar-refractivity contribution >= 4 is 33.6 Å². The summed E-state index contributed by atoms with van der Waals surface area (Å²) >= 11 is 5.85. The van der Waals surface area contributed by atoms with Crippen molar-refractivity contribution in [1.29, 1.82) is 0 Å². The molecule has 0 saturated carbocycles. The summed E-state index contributed by atoms with van der Waals surface area (Å²) in [6.07, 6.45) is 1.82. The van der Waals surface area contributed by atoms with E-state index in [-0.39, 0.29) is 16.3 Å². The number of pyridine rings is 1. The predicted octanol–water partition coefficient (Wildman–Crippen LogP) is 1.07. The fourth-order valence-electron chi connectivity index (χ4n) is 2.19. The van der Waals surface area contributed by atoms with Crippen molar-refractivity contribution in [2.45, 2.75) is 11.3 Å². The molecule has 0 aliphatic rings. The molecule has 0 unspecified atom stereocenters. The highest BCUT2D eigenvalue weighted by molar-refractivity contribution is 7.90. The molecule has 11 heteroatoms. The average molecular weight is 413 g/mol. The SMILES string of the molecule is COc1ncc(Cl)cc1C(=O)NCCc1ccc(S(=O)(=O)NC(N)=O)cc1. The number of benzene rings is 1. The van der Waals surface area contributed by atoms with E-state index in [1.165, 1.54) is 31.5 Å². The number of sulfonamides is 1. The molecule has 0 bridgehead atoms. The van der Waals surface area contributed by atoms with Gasteiger partial charge in [0.05, 0.1) is 17.0 Å². The van der Waals surface area contributed by atoms with E-state index in [0.717, 1.165) is 5.56 Å². The van der Waals surface area contributed by atoms with E-state index in [1.807, 2.05) is 0 Å². The fraction of sp³-hybridized carbons (Fsp3) is 0.188. The number of methoxy groups -OCH3 is 1. The monoisotopic (exact) mass is 412 g/mol. The highest BCUT2D eigenvalue weighted by atomic mass is 35.5. The molecule has 0 atom stereocenters. The predicted molar refractivity (Wildman–Crippen MR) is 98.2 cm³/mol. The summed E-state index contributed by atoms with van der Waals surface area (Å²) in [5.74, 6) is -0.236. The number of halogens is 1. The number of amides is 3. The zero-order valence-electron chi connectivity index (χ0n) is 14.2. The van der Waals surface area contributed by atoms with Crippen LogP contribution >= 0.6 is 11.6 Å². The average Bonchev–Trinajstić information content (AvgIpc) is 2.61. The van der Waals surface area contributed by atoms with Gasteiger partial charge in [-0.05, 0) is 30.2 Å². The summed E-state index contributed by atoms with van der Waals surface area (Å²) < 4.78 is 30.3. The maximum atomic E-state index is 12.2. The van der Waals surface area contributed by atoms with Gasteiger partial charge in [0, 0.05) is 12.7 Å². The van der Waals surface area contributed by atoms with Gasteiger partial charge in [-0.25, -0.2) is 22.9 Å². The second kappa shape index (κ2) is 8.69. The summed E-state index contributed by atoms with van der Waals surface area (Å²) in [5, 5.41) is 3.02. The Kier molecular flexibility index (Phi) is 6.59. The molecule has 0 aliphatic heterocycles. The minimum Gasteiger partial charge on any atom is -0.480 e. The van der Waals surface area contributed by atoms with E-state index in [2.05, 4.69) is 10.3 Å². The Morgan fingerprint density at radius 3 is 2.52 bits per heavy atom. The van der Waals surface area contributed by atoms with Crippen molar-refractivity contribution in [1.82, 2.24) is 15.0 Å². The number of hydrogen-bond acceptors (Lipinski definition) is 6. The van der Waals surface area contributed by atoms with Gasteiger partial charge < -0.3 is 15.8 Å². The lowest BCUT2D eigenvalue weighted by atomic mass is 10.1. The van der Waals surface area contributed by atoms with Gasteiger partial charge in [-0.3, -0.25) is 4.79 Å². The van der Waals surface area contributed by atoms with Crippen molar-refractivity contribution in [3.8, 4) is 5.88 Å². The van der Waals surface area contributed by atoms with Crippen molar-refractivity contribution in [2.75, 3.05) is 13.7 Å². The number of nitrogens with one attached hydrogen (secondary N) is 2. The third-order valence-electron chi connectivity index (χ3n) is 3.42. The third kappa shape index (κ3) is 5.56. The van der Waals surface area contributed by atoms with E-state index in [4.69, 9.17) is 22.1 Å². The van der Waals surface area contributed by atoms with Gasteiger partial charge in [0.25, 0.3) is 15.9 Å². The van der Waals surface area contributed by atoms with Crippen molar-refractivity contribution < 1.29 is 22.7 Å². The Hall–Kier alpha value is -2.85.